The van der Waals surface area contributed by atoms with Gasteiger partial charge in [-0.3, -0.25) is 0 Å². The molecule has 0 spiro atoms. The number of nitrogens with one attached hydrogen (secondary N) is 1. The van der Waals surface area contributed by atoms with E-state index in [9.17, 15) is 9.50 Å². The highest BCUT2D eigenvalue weighted by atomic mass is 35.5. The molecule has 2 nitrogen and oxygen atoms in total. The summed E-state index contributed by atoms with van der Waals surface area (Å²) in [5.41, 5.74) is 1.66. The monoisotopic (exact) mass is 279 g/mol. The number of hydrogen-bond acceptors (Lipinski definition) is 2. The van der Waals surface area contributed by atoms with Crippen LogP contribution in [0, 0.1) is 5.82 Å². The highest BCUT2D eigenvalue weighted by Crippen LogP contribution is 2.19. The number of benzene rings is 2. The molecule has 0 heterocycles. The fraction of sp³-hybridized carbons (Fsp3) is 0.200. The highest BCUT2D eigenvalue weighted by molar-refractivity contribution is 6.31. The van der Waals surface area contributed by atoms with E-state index in [2.05, 4.69) is 5.32 Å². The predicted octanol–water partition coefficient (Wildman–Crippen LogP) is 3.30. The molecule has 100 valence electrons. The van der Waals surface area contributed by atoms with E-state index in [1.807, 2.05) is 30.3 Å². The minimum absolute atomic E-state index is 0.0308. The Morgan fingerprint density at radius 2 is 1.89 bits per heavy atom. The molecule has 0 radical (unpaired) electrons. The standard InChI is InChI=1S/C15H15ClFNO/c16-14-7-6-13(17)8-12(14)9-18-15(10-19)11-4-2-1-3-5-11/h1-8,15,18-19H,9-10H2. The van der Waals surface area contributed by atoms with Crippen LogP contribution in [-0.2, 0) is 6.54 Å². The van der Waals surface area contributed by atoms with Crippen LogP contribution in [0.25, 0.3) is 0 Å². The van der Waals surface area contributed by atoms with Crippen LogP contribution in [0.3, 0.4) is 0 Å². The number of hydrogen-bond donors (Lipinski definition) is 2. The van der Waals surface area contributed by atoms with Crippen LogP contribution >= 0.6 is 11.6 Å². The average Bonchev–Trinajstić information content (AvgIpc) is 2.44. The molecule has 0 aliphatic carbocycles. The molecule has 1 unspecified atom stereocenters. The first-order valence-corrected chi connectivity index (χ1v) is 6.41. The fourth-order valence-corrected chi connectivity index (χ4v) is 2.07. The van der Waals surface area contributed by atoms with E-state index in [0.29, 0.717) is 17.1 Å². The molecule has 0 saturated carbocycles. The van der Waals surface area contributed by atoms with Crippen molar-refractivity contribution in [1.29, 1.82) is 0 Å². The van der Waals surface area contributed by atoms with Gasteiger partial charge in [0.15, 0.2) is 0 Å². The second kappa shape index (κ2) is 6.66. The van der Waals surface area contributed by atoms with Gasteiger partial charge in [0.2, 0.25) is 0 Å². The van der Waals surface area contributed by atoms with E-state index in [1.165, 1.54) is 18.2 Å². The quantitative estimate of drug-likeness (QED) is 0.880. The van der Waals surface area contributed by atoms with Crippen molar-refractivity contribution in [3.8, 4) is 0 Å². The van der Waals surface area contributed by atoms with Gasteiger partial charge in [-0.25, -0.2) is 4.39 Å². The van der Waals surface area contributed by atoms with Crippen LogP contribution in [0.5, 0.6) is 0 Å². The molecule has 1 atom stereocenters. The minimum Gasteiger partial charge on any atom is -0.394 e. The van der Waals surface area contributed by atoms with Crippen molar-refractivity contribution in [2.75, 3.05) is 6.61 Å². The average molecular weight is 280 g/mol. The number of rotatable bonds is 5. The van der Waals surface area contributed by atoms with Gasteiger partial charge in [-0.05, 0) is 29.3 Å². The summed E-state index contributed by atoms with van der Waals surface area (Å²) in [7, 11) is 0. The Balaban J connectivity index is 2.06. The topological polar surface area (TPSA) is 32.3 Å². The van der Waals surface area contributed by atoms with Crippen LogP contribution in [0.15, 0.2) is 48.5 Å². The summed E-state index contributed by atoms with van der Waals surface area (Å²) >= 11 is 6.00. The second-order valence-corrected chi connectivity index (χ2v) is 4.67. The van der Waals surface area contributed by atoms with Crippen LogP contribution in [0.2, 0.25) is 5.02 Å². The van der Waals surface area contributed by atoms with Crippen molar-refractivity contribution in [2.24, 2.45) is 0 Å². The van der Waals surface area contributed by atoms with E-state index >= 15 is 0 Å². The molecule has 0 bridgehead atoms. The molecule has 2 aromatic rings. The highest BCUT2D eigenvalue weighted by Gasteiger charge is 2.10. The van der Waals surface area contributed by atoms with E-state index in [1.54, 1.807) is 0 Å². The predicted molar refractivity (Wildman–Crippen MR) is 74.5 cm³/mol. The van der Waals surface area contributed by atoms with Gasteiger partial charge in [0, 0.05) is 11.6 Å². The first-order valence-electron chi connectivity index (χ1n) is 6.04. The van der Waals surface area contributed by atoms with Crippen molar-refractivity contribution in [3.05, 3.63) is 70.5 Å². The van der Waals surface area contributed by atoms with Gasteiger partial charge in [0.1, 0.15) is 5.82 Å². The Kier molecular flexibility index (Phi) is 4.91. The SMILES string of the molecule is OCC(NCc1cc(F)ccc1Cl)c1ccccc1. The molecule has 0 amide bonds. The normalized spacial score (nSPS) is 12.4. The fourth-order valence-electron chi connectivity index (χ4n) is 1.89. The second-order valence-electron chi connectivity index (χ2n) is 4.26. The molecule has 4 heteroatoms. The maximum atomic E-state index is 13.1. The minimum atomic E-state index is -0.318. The Bertz CT molecular complexity index is 533. The molecule has 0 fully saturated rings. The van der Waals surface area contributed by atoms with Gasteiger partial charge in [0.25, 0.3) is 0 Å². The van der Waals surface area contributed by atoms with Crippen LogP contribution in [0.1, 0.15) is 17.2 Å². The molecule has 2 aromatic carbocycles. The van der Waals surface area contributed by atoms with Crippen molar-refractivity contribution in [2.45, 2.75) is 12.6 Å². The maximum absolute atomic E-state index is 13.1. The first kappa shape index (κ1) is 14.0. The zero-order valence-corrected chi connectivity index (χ0v) is 11.1. The van der Waals surface area contributed by atoms with E-state index in [-0.39, 0.29) is 18.5 Å². The summed E-state index contributed by atoms with van der Waals surface area (Å²) in [6, 6.07) is 13.7. The number of aliphatic hydroxyl groups is 1. The summed E-state index contributed by atoms with van der Waals surface area (Å²) in [5, 5.41) is 13.1. The van der Waals surface area contributed by atoms with Gasteiger partial charge in [0.05, 0.1) is 12.6 Å². The zero-order valence-electron chi connectivity index (χ0n) is 10.3. The third-order valence-corrected chi connectivity index (χ3v) is 3.30. The van der Waals surface area contributed by atoms with E-state index in [0.717, 1.165) is 5.56 Å². The Morgan fingerprint density at radius 1 is 1.16 bits per heavy atom. The molecule has 2 N–H and O–H groups in total. The lowest BCUT2D eigenvalue weighted by atomic mass is 10.1. The molecular formula is C15H15ClFNO. The van der Waals surface area contributed by atoms with Gasteiger partial charge < -0.3 is 10.4 Å². The van der Waals surface area contributed by atoms with E-state index < -0.39 is 0 Å². The van der Waals surface area contributed by atoms with Gasteiger partial charge in [-0.1, -0.05) is 41.9 Å². The van der Waals surface area contributed by atoms with Crippen molar-refractivity contribution < 1.29 is 9.50 Å². The molecule has 19 heavy (non-hydrogen) atoms. The Morgan fingerprint density at radius 3 is 2.58 bits per heavy atom. The maximum Gasteiger partial charge on any atom is 0.123 e. The van der Waals surface area contributed by atoms with Crippen LogP contribution < -0.4 is 5.32 Å². The Hall–Kier alpha value is -1.42. The van der Waals surface area contributed by atoms with Crippen molar-refractivity contribution >= 4 is 11.6 Å². The lowest BCUT2D eigenvalue weighted by Crippen LogP contribution is -2.24. The summed E-state index contributed by atoms with van der Waals surface area (Å²) in [4.78, 5) is 0. The summed E-state index contributed by atoms with van der Waals surface area (Å²) in [6.45, 7) is 0.369. The summed E-state index contributed by atoms with van der Waals surface area (Å²) < 4.78 is 13.1. The van der Waals surface area contributed by atoms with E-state index in [4.69, 9.17) is 11.6 Å². The van der Waals surface area contributed by atoms with Crippen LogP contribution in [0.4, 0.5) is 4.39 Å². The number of halogens is 2. The molecule has 2 rings (SSSR count). The molecule has 0 aromatic heterocycles. The molecule has 0 aliphatic rings. The lowest BCUT2D eigenvalue weighted by Gasteiger charge is -2.17. The Labute approximate surface area is 116 Å². The number of aliphatic hydroxyl groups excluding tert-OH is 1. The molecule has 0 aliphatic heterocycles. The smallest absolute Gasteiger partial charge is 0.123 e. The third kappa shape index (κ3) is 3.77. The van der Waals surface area contributed by atoms with Gasteiger partial charge in [-0.2, -0.15) is 0 Å². The third-order valence-electron chi connectivity index (χ3n) is 2.93. The molecule has 0 saturated heterocycles. The van der Waals surface area contributed by atoms with Crippen molar-refractivity contribution in [1.82, 2.24) is 5.32 Å². The van der Waals surface area contributed by atoms with Gasteiger partial charge >= 0.3 is 0 Å². The summed E-state index contributed by atoms with van der Waals surface area (Å²) in [6.07, 6.45) is 0. The zero-order chi connectivity index (χ0) is 13.7. The summed E-state index contributed by atoms with van der Waals surface area (Å²) in [5.74, 6) is -0.318. The van der Waals surface area contributed by atoms with Crippen molar-refractivity contribution in [3.63, 3.8) is 0 Å². The first-order chi connectivity index (χ1) is 9.20. The van der Waals surface area contributed by atoms with Crippen LogP contribution in [-0.4, -0.2) is 11.7 Å². The molecular weight excluding hydrogens is 265 g/mol. The lowest BCUT2D eigenvalue weighted by molar-refractivity contribution is 0.243. The largest absolute Gasteiger partial charge is 0.394 e. The van der Waals surface area contributed by atoms with Gasteiger partial charge in [-0.15, -0.1) is 0 Å².